The summed E-state index contributed by atoms with van der Waals surface area (Å²) in [6.45, 7) is 0. The summed E-state index contributed by atoms with van der Waals surface area (Å²) in [5.41, 5.74) is 3.77. The van der Waals surface area contributed by atoms with Gasteiger partial charge in [-0.05, 0) is 48.5 Å². The Kier molecular flexibility index (Phi) is 4.22. The Morgan fingerprint density at radius 2 is 1.83 bits per heavy atom. The predicted octanol–water partition coefficient (Wildman–Crippen LogP) is 3.38. The average Bonchev–Trinajstić information content (AvgIpc) is 2.97. The molecular formula is C17H13ClFN3O2. The maximum atomic E-state index is 12.9. The van der Waals surface area contributed by atoms with Crippen LogP contribution in [0.5, 0.6) is 0 Å². The van der Waals surface area contributed by atoms with E-state index in [2.05, 4.69) is 10.4 Å². The van der Waals surface area contributed by atoms with E-state index in [1.807, 2.05) is 0 Å². The molecule has 0 unspecified atom stereocenters. The number of nitrogens with zero attached hydrogens (tertiary/aromatic N) is 1. The molecule has 3 aromatic rings. The van der Waals surface area contributed by atoms with Gasteiger partial charge in [0.15, 0.2) is 0 Å². The molecule has 0 spiro atoms. The fraction of sp³-hybridized carbons (Fsp3) is 0.0588. The Labute approximate surface area is 142 Å². The fourth-order valence-corrected chi connectivity index (χ4v) is 2.45. The average molecular weight is 346 g/mol. The lowest BCUT2D eigenvalue weighted by atomic mass is 10.2. The number of fused-ring (bicyclic) bond motifs is 1. The van der Waals surface area contributed by atoms with E-state index < -0.39 is 17.6 Å². The van der Waals surface area contributed by atoms with Crippen LogP contribution in [-0.4, -0.2) is 28.9 Å². The van der Waals surface area contributed by atoms with Gasteiger partial charge in [-0.2, -0.15) is 0 Å². The number of halogens is 2. The molecule has 3 rings (SSSR count). The minimum atomic E-state index is -0.509. The molecule has 2 amide bonds. The highest BCUT2D eigenvalue weighted by molar-refractivity contribution is 6.31. The van der Waals surface area contributed by atoms with Crippen LogP contribution in [0.2, 0.25) is 5.02 Å². The molecule has 0 aliphatic heterocycles. The van der Waals surface area contributed by atoms with Gasteiger partial charge in [0.1, 0.15) is 11.5 Å². The van der Waals surface area contributed by atoms with E-state index in [-0.39, 0.29) is 5.56 Å². The number of hydrazine groups is 1. The van der Waals surface area contributed by atoms with Crippen molar-refractivity contribution in [3.63, 3.8) is 0 Å². The summed E-state index contributed by atoms with van der Waals surface area (Å²) in [6, 6.07) is 11.9. The van der Waals surface area contributed by atoms with Crippen molar-refractivity contribution in [2.45, 2.75) is 0 Å². The molecule has 0 saturated carbocycles. The smallest absolute Gasteiger partial charge is 0.288 e. The molecule has 0 saturated heterocycles. The highest BCUT2D eigenvalue weighted by atomic mass is 35.5. The van der Waals surface area contributed by atoms with Gasteiger partial charge in [-0.1, -0.05) is 11.6 Å². The zero-order valence-corrected chi connectivity index (χ0v) is 13.4. The Bertz CT molecular complexity index is 921. The summed E-state index contributed by atoms with van der Waals surface area (Å²) in [5, 5.41) is 2.43. The molecule has 2 N–H and O–H groups in total. The van der Waals surface area contributed by atoms with Crippen LogP contribution in [0, 0.1) is 5.82 Å². The molecule has 1 aromatic heterocycles. The number of aromatic amines is 1. The van der Waals surface area contributed by atoms with Gasteiger partial charge in [0.2, 0.25) is 0 Å². The van der Waals surface area contributed by atoms with Gasteiger partial charge in [-0.25, -0.2) is 4.39 Å². The quantitative estimate of drug-likeness (QED) is 0.699. The van der Waals surface area contributed by atoms with Gasteiger partial charge in [0.05, 0.1) is 0 Å². The molecule has 24 heavy (non-hydrogen) atoms. The second-order valence-corrected chi connectivity index (χ2v) is 5.66. The number of hydrogen-bond acceptors (Lipinski definition) is 2. The maximum Gasteiger partial charge on any atom is 0.288 e. The lowest BCUT2D eigenvalue weighted by molar-refractivity contribution is 0.0633. The van der Waals surface area contributed by atoms with Crippen molar-refractivity contribution >= 4 is 34.3 Å². The first-order chi connectivity index (χ1) is 11.4. The highest BCUT2D eigenvalue weighted by Crippen LogP contribution is 2.20. The summed E-state index contributed by atoms with van der Waals surface area (Å²) in [5.74, 6) is -1.37. The minimum absolute atomic E-state index is 0.250. The van der Waals surface area contributed by atoms with Crippen LogP contribution in [0.4, 0.5) is 4.39 Å². The number of carbonyl (C=O) groups is 2. The molecule has 0 atom stereocenters. The van der Waals surface area contributed by atoms with Gasteiger partial charge in [-0.3, -0.25) is 20.0 Å². The van der Waals surface area contributed by atoms with E-state index >= 15 is 0 Å². The van der Waals surface area contributed by atoms with Crippen molar-refractivity contribution in [2.75, 3.05) is 7.05 Å². The van der Waals surface area contributed by atoms with Crippen molar-refractivity contribution in [1.29, 1.82) is 0 Å². The summed E-state index contributed by atoms with van der Waals surface area (Å²) < 4.78 is 12.9. The van der Waals surface area contributed by atoms with E-state index in [9.17, 15) is 14.0 Å². The van der Waals surface area contributed by atoms with Gasteiger partial charge < -0.3 is 4.98 Å². The van der Waals surface area contributed by atoms with E-state index in [4.69, 9.17) is 11.6 Å². The van der Waals surface area contributed by atoms with E-state index in [1.165, 1.54) is 31.3 Å². The molecule has 0 radical (unpaired) electrons. The normalized spacial score (nSPS) is 10.6. The van der Waals surface area contributed by atoms with Crippen molar-refractivity contribution in [2.24, 2.45) is 0 Å². The first-order valence-electron chi connectivity index (χ1n) is 7.07. The monoisotopic (exact) mass is 345 g/mol. The van der Waals surface area contributed by atoms with Crippen molar-refractivity contribution in [3.05, 3.63) is 70.6 Å². The molecule has 122 valence electrons. The number of aromatic nitrogens is 1. The van der Waals surface area contributed by atoms with Crippen LogP contribution in [0.1, 0.15) is 20.8 Å². The fourth-order valence-electron chi connectivity index (χ4n) is 2.27. The van der Waals surface area contributed by atoms with Crippen LogP contribution >= 0.6 is 11.6 Å². The number of nitrogens with one attached hydrogen (secondary N) is 2. The van der Waals surface area contributed by atoms with Crippen molar-refractivity contribution in [1.82, 2.24) is 15.4 Å². The standard InChI is InChI=1S/C17H13ClFN3O2/c1-22(21-16(23)10-2-5-13(19)6-3-10)17(24)15-9-11-8-12(18)4-7-14(11)20-15/h2-9,20H,1H3,(H,21,23). The number of benzene rings is 2. The first-order valence-corrected chi connectivity index (χ1v) is 7.45. The van der Waals surface area contributed by atoms with Crippen LogP contribution in [0.25, 0.3) is 10.9 Å². The molecule has 1 heterocycles. The van der Waals surface area contributed by atoms with E-state index in [0.717, 1.165) is 15.9 Å². The first kappa shape index (κ1) is 16.0. The Hall–Kier alpha value is -2.86. The summed E-state index contributed by atoms with van der Waals surface area (Å²) >= 11 is 5.92. The molecule has 0 aliphatic rings. The largest absolute Gasteiger partial charge is 0.350 e. The number of rotatable bonds is 2. The lowest BCUT2D eigenvalue weighted by Gasteiger charge is -2.17. The number of H-pyrrole nitrogens is 1. The lowest BCUT2D eigenvalue weighted by Crippen LogP contribution is -2.43. The zero-order valence-electron chi connectivity index (χ0n) is 12.6. The Morgan fingerprint density at radius 1 is 1.12 bits per heavy atom. The van der Waals surface area contributed by atoms with Crippen LogP contribution < -0.4 is 5.43 Å². The molecule has 2 aromatic carbocycles. The number of amides is 2. The zero-order chi connectivity index (χ0) is 17.3. The molecule has 0 bridgehead atoms. The van der Waals surface area contributed by atoms with E-state index in [0.29, 0.717) is 10.7 Å². The second-order valence-electron chi connectivity index (χ2n) is 5.23. The van der Waals surface area contributed by atoms with Gasteiger partial charge in [0.25, 0.3) is 11.8 Å². The van der Waals surface area contributed by atoms with Gasteiger partial charge in [0, 0.05) is 28.5 Å². The highest BCUT2D eigenvalue weighted by Gasteiger charge is 2.17. The summed E-state index contributed by atoms with van der Waals surface area (Å²) in [7, 11) is 1.43. The second kappa shape index (κ2) is 6.33. The Balaban J connectivity index is 1.75. The Morgan fingerprint density at radius 3 is 2.54 bits per heavy atom. The SMILES string of the molecule is CN(NC(=O)c1ccc(F)cc1)C(=O)c1cc2cc(Cl)ccc2[nH]1. The summed E-state index contributed by atoms with van der Waals surface area (Å²) in [6.07, 6.45) is 0. The van der Waals surface area contributed by atoms with E-state index in [1.54, 1.807) is 24.3 Å². The summed E-state index contributed by atoms with van der Waals surface area (Å²) in [4.78, 5) is 27.4. The predicted molar refractivity (Wildman–Crippen MR) is 89.3 cm³/mol. The molecule has 5 nitrogen and oxygen atoms in total. The molecule has 0 fully saturated rings. The molecule has 0 aliphatic carbocycles. The number of carbonyl (C=O) groups excluding carboxylic acids is 2. The topological polar surface area (TPSA) is 65.2 Å². The third-order valence-corrected chi connectivity index (χ3v) is 3.73. The number of hydrogen-bond donors (Lipinski definition) is 2. The van der Waals surface area contributed by atoms with Gasteiger partial charge in [-0.15, -0.1) is 0 Å². The molecule has 7 heteroatoms. The van der Waals surface area contributed by atoms with Crippen LogP contribution in [0.15, 0.2) is 48.5 Å². The van der Waals surface area contributed by atoms with Gasteiger partial charge >= 0.3 is 0 Å². The maximum absolute atomic E-state index is 12.9. The van der Waals surface area contributed by atoms with Crippen LogP contribution in [-0.2, 0) is 0 Å². The molecular weight excluding hydrogens is 333 g/mol. The third-order valence-electron chi connectivity index (χ3n) is 3.49. The minimum Gasteiger partial charge on any atom is -0.350 e. The third kappa shape index (κ3) is 3.23. The van der Waals surface area contributed by atoms with Crippen molar-refractivity contribution in [3.8, 4) is 0 Å². The van der Waals surface area contributed by atoms with Crippen LogP contribution in [0.3, 0.4) is 0 Å². The van der Waals surface area contributed by atoms with Crippen molar-refractivity contribution < 1.29 is 14.0 Å².